The largest absolute Gasteiger partial charge is 0.384 e. The van der Waals surface area contributed by atoms with Gasteiger partial charge in [-0.15, -0.1) is 0 Å². The first-order valence-electron chi connectivity index (χ1n) is 5.50. The normalized spacial score (nSPS) is 10.6. The van der Waals surface area contributed by atoms with Gasteiger partial charge in [-0.25, -0.2) is 9.67 Å². The van der Waals surface area contributed by atoms with Gasteiger partial charge in [0, 0.05) is 17.3 Å². The predicted octanol–water partition coefficient (Wildman–Crippen LogP) is 0.179. The van der Waals surface area contributed by atoms with Gasteiger partial charge in [0.05, 0.1) is 6.54 Å². The number of hydrogen-bond donors (Lipinski definition) is 2. The molecule has 0 aliphatic heterocycles. The average Bonchev–Trinajstić information content (AvgIpc) is 2.33. The quantitative estimate of drug-likeness (QED) is 0.790. The number of nitrogen functional groups attached to an aromatic ring is 1. The first-order valence-corrected chi connectivity index (χ1v) is 5.50. The first-order chi connectivity index (χ1) is 8.49. The molecule has 0 saturated heterocycles. The van der Waals surface area contributed by atoms with Crippen molar-refractivity contribution in [1.29, 1.82) is 0 Å². The van der Waals surface area contributed by atoms with Gasteiger partial charge in [-0.1, -0.05) is 0 Å². The van der Waals surface area contributed by atoms with E-state index in [1.165, 1.54) is 4.68 Å². The van der Waals surface area contributed by atoms with Gasteiger partial charge in [-0.05, 0) is 31.5 Å². The van der Waals surface area contributed by atoms with Crippen LogP contribution in [0.2, 0.25) is 0 Å². The minimum Gasteiger partial charge on any atom is -0.384 e. The summed E-state index contributed by atoms with van der Waals surface area (Å²) in [6.45, 7) is 3.54. The van der Waals surface area contributed by atoms with Gasteiger partial charge in [0.1, 0.15) is 5.82 Å². The Kier molecular flexibility index (Phi) is 3.01. The molecule has 0 bridgehead atoms. The van der Waals surface area contributed by atoms with Gasteiger partial charge < -0.3 is 5.73 Å². The highest BCUT2D eigenvalue weighted by Gasteiger charge is 2.07. The number of pyridine rings is 1. The van der Waals surface area contributed by atoms with Gasteiger partial charge in [-0.2, -0.15) is 0 Å². The number of rotatable bonds is 2. The summed E-state index contributed by atoms with van der Waals surface area (Å²) < 4.78 is 1.28. The second-order valence-electron chi connectivity index (χ2n) is 4.17. The molecule has 0 aromatic carbocycles. The van der Waals surface area contributed by atoms with Crippen molar-refractivity contribution >= 4 is 5.82 Å². The summed E-state index contributed by atoms with van der Waals surface area (Å²) in [6, 6.07) is 3.41. The lowest BCUT2D eigenvalue weighted by Crippen LogP contribution is -2.33. The fraction of sp³-hybridized carbons (Fsp3) is 0.250. The summed E-state index contributed by atoms with van der Waals surface area (Å²) in [5.41, 5.74) is 6.82. The number of H-pyrrole nitrogens is 1. The maximum absolute atomic E-state index is 12.0. The third-order valence-corrected chi connectivity index (χ3v) is 2.89. The van der Waals surface area contributed by atoms with Crippen LogP contribution < -0.4 is 16.9 Å². The number of nitrogens with one attached hydrogen (secondary N) is 1. The van der Waals surface area contributed by atoms with Crippen molar-refractivity contribution in [3.63, 3.8) is 0 Å². The molecule has 0 aliphatic rings. The fourth-order valence-electron chi connectivity index (χ4n) is 1.68. The van der Waals surface area contributed by atoms with Crippen LogP contribution in [0, 0.1) is 13.8 Å². The Morgan fingerprint density at radius 1 is 1.33 bits per heavy atom. The standard InChI is InChI=1S/C12H14N4O2/c1-7-8(2)12(18)16(15-11(7)17)6-9-3-4-14-10(13)5-9/h3-5H,6H2,1-2H3,(H2,13,14)(H,15,17). The van der Waals surface area contributed by atoms with Crippen LogP contribution in [0.5, 0.6) is 0 Å². The van der Waals surface area contributed by atoms with Crippen molar-refractivity contribution in [3.8, 4) is 0 Å². The van der Waals surface area contributed by atoms with Crippen LogP contribution in [-0.4, -0.2) is 14.8 Å². The van der Waals surface area contributed by atoms with E-state index in [0.29, 0.717) is 16.9 Å². The molecule has 3 N–H and O–H groups in total. The zero-order valence-corrected chi connectivity index (χ0v) is 10.2. The molecule has 0 fully saturated rings. The zero-order valence-electron chi connectivity index (χ0n) is 10.2. The lowest BCUT2D eigenvalue weighted by Gasteiger charge is -2.08. The van der Waals surface area contributed by atoms with Gasteiger partial charge in [-0.3, -0.25) is 14.7 Å². The average molecular weight is 246 g/mol. The van der Waals surface area contributed by atoms with Crippen molar-refractivity contribution in [2.24, 2.45) is 0 Å². The van der Waals surface area contributed by atoms with Crippen molar-refractivity contribution in [2.45, 2.75) is 20.4 Å². The minimum absolute atomic E-state index is 0.206. The van der Waals surface area contributed by atoms with Crippen molar-refractivity contribution in [3.05, 3.63) is 55.7 Å². The molecule has 0 radical (unpaired) electrons. The fourth-order valence-corrected chi connectivity index (χ4v) is 1.68. The first kappa shape index (κ1) is 12.1. The van der Waals surface area contributed by atoms with Gasteiger partial charge in [0.25, 0.3) is 11.1 Å². The molecule has 0 atom stereocenters. The minimum atomic E-state index is -0.255. The van der Waals surface area contributed by atoms with Crippen molar-refractivity contribution in [2.75, 3.05) is 5.73 Å². The topological polar surface area (TPSA) is 93.8 Å². The van der Waals surface area contributed by atoms with Crippen LogP contribution in [-0.2, 0) is 6.54 Å². The number of nitrogens with two attached hydrogens (primary N) is 1. The van der Waals surface area contributed by atoms with Crippen molar-refractivity contribution in [1.82, 2.24) is 14.8 Å². The third-order valence-electron chi connectivity index (χ3n) is 2.89. The molecule has 0 unspecified atom stereocenters. The van der Waals surface area contributed by atoms with E-state index in [1.54, 1.807) is 32.2 Å². The van der Waals surface area contributed by atoms with E-state index in [0.717, 1.165) is 5.56 Å². The van der Waals surface area contributed by atoms with E-state index >= 15 is 0 Å². The molecule has 2 rings (SSSR count). The van der Waals surface area contributed by atoms with Crippen LogP contribution in [0.4, 0.5) is 5.82 Å². The number of aromatic amines is 1. The van der Waals surface area contributed by atoms with Crippen LogP contribution in [0.1, 0.15) is 16.7 Å². The Labute approximate surface area is 103 Å². The summed E-state index contributed by atoms with van der Waals surface area (Å²) in [7, 11) is 0. The summed E-state index contributed by atoms with van der Waals surface area (Å²) >= 11 is 0. The monoisotopic (exact) mass is 246 g/mol. The number of hydrogen-bond acceptors (Lipinski definition) is 4. The van der Waals surface area contributed by atoms with E-state index in [4.69, 9.17) is 5.73 Å². The lowest BCUT2D eigenvalue weighted by molar-refractivity contribution is 0.618. The molecule has 2 heterocycles. The summed E-state index contributed by atoms with van der Waals surface area (Å²) in [6.07, 6.45) is 1.56. The molecule has 18 heavy (non-hydrogen) atoms. The molecule has 2 aromatic heterocycles. The maximum atomic E-state index is 12.0. The Morgan fingerprint density at radius 3 is 2.72 bits per heavy atom. The smallest absolute Gasteiger partial charge is 0.268 e. The molecule has 6 nitrogen and oxygen atoms in total. The molecule has 6 heteroatoms. The van der Waals surface area contributed by atoms with E-state index < -0.39 is 0 Å². The Hall–Kier alpha value is -2.37. The molecule has 2 aromatic rings. The molecular weight excluding hydrogens is 232 g/mol. The van der Waals surface area contributed by atoms with Crippen LogP contribution in [0.3, 0.4) is 0 Å². The zero-order chi connectivity index (χ0) is 13.3. The van der Waals surface area contributed by atoms with E-state index in [1.807, 2.05) is 0 Å². The molecule has 0 aliphatic carbocycles. The highest BCUT2D eigenvalue weighted by molar-refractivity contribution is 5.32. The highest BCUT2D eigenvalue weighted by atomic mass is 16.2. The third kappa shape index (κ3) is 2.17. The lowest BCUT2D eigenvalue weighted by atomic mass is 10.2. The summed E-state index contributed by atoms with van der Waals surface area (Å²) in [5.74, 6) is 0.381. The Balaban J connectivity index is 2.48. The predicted molar refractivity (Wildman–Crippen MR) is 68.5 cm³/mol. The Bertz CT molecular complexity index is 700. The second-order valence-corrected chi connectivity index (χ2v) is 4.17. The van der Waals surface area contributed by atoms with Gasteiger partial charge >= 0.3 is 0 Å². The van der Waals surface area contributed by atoms with E-state index in [-0.39, 0.29) is 17.7 Å². The summed E-state index contributed by atoms with van der Waals surface area (Å²) in [4.78, 5) is 27.5. The van der Waals surface area contributed by atoms with E-state index in [2.05, 4.69) is 10.1 Å². The van der Waals surface area contributed by atoms with Gasteiger partial charge in [0.2, 0.25) is 0 Å². The Morgan fingerprint density at radius 2 is 2.06 bits per heavy atom. The maximum Gasteiger partial charge on any atom is 0.268 e. The molecular formula is C12H14N4O2. The molecule has 94 valence electrons. The van der Waals surface area contributed by atoms with Crippen LogP contribution >= 0.6 is 0 Å². The number of anilines is 1. The highest BCUT2D eigenvalue weighted by Crippen LogP contribution is 2.03. The van der Waals surface area contributed by atoms with Crippen LogP contribution in [0.15, 0.2) is 27.9 Å². The SMILES string of the molecule is Cc1c(C)c(=O)n(Cc2ccnc(N)c2)[nH]c1=O. The van der Waals surface area contributed by atoms with Crippen molar-refractivity contribution < 1.29 is 0 Å². The van der Waals surface area contributed by atoms with Gasteiger partial charge in [0.15, 0.2) is 0 Å². The van der Waals surface area contributed by atoms with Crippen LogP contribution in [0.25, 0.3) is 0 Å². The second kappa shape index (κ2) is 4.48. The molecule has 0 spiro atoms. The molecule has 0 amide bonds. The van der Waals surface area contributed by atoms with E-state index in [9.17, 15) is 9.59 Å². The summed E-state index contributed by atoms with van der Waals surface area (Å²) in [5, 5.41) is 2.54. The molecule has 0 saturated carbocycles. The number of nitrogens with zero attached hydrogens (tertiary/aromatic N) is 2. The number of aromatic nitrogens is 3.